The Morgan fingerprint density at radius 1 is 1.63 bits per heavy atom. The van der Waals surface area contributed by atoms with Crippen molar-refractivity contribution in [1.29, 1.82) is 0 Å². The van der Waals surface area contributed by atoms with E-state index >= 15 is 0 Å². The number of ether oxygens (including phenoxy) is 1. The van der Waals surface area contributed by atoms with Crippen molar-refractivity contribution in [3.63, 3.8) is 0 Å². The number of aromatic nitrogens is 2. The van der Waals surface area contributed by atoms with E-state index in [1.807, 2.05) is 6.07 Å². The fourth-order valence-electron chi connectivity index (χ4n) is 1.75. The Hall–Kier alpha value is -1.79. The first kappa shape index (κ1) is 13.6. The van der Waals surface area contributed by atoms with Crippen LogP contribution in [0.2, 0.25) is 0 Å². The average molecular weight is 284 g/mol. The van der Waals surface area contributed by atoms with Gasteiger partial charge in [0.1, 0.15) is 0 Å². The lowest BCUT2D eigenvalue weighted by molar-refractivity contribution is 0.0596. The molecule has 1 aromatic heterocycles. The van der Waals surface area contributed by atoms with Gasteiger partial charge in [-0.3, -0.25) is 5.10 Å². The molecule has 6 nitrogen and oxygen atoms in total. The standard InChI is InChI=1S/C12H14ClN3O3/c1-19-12(18)11-10-8(14-6-7(17)5-13)3-2-4-9(10)15-16-11/h2-4,7,14,17H,5-6H2,1H3,(H,15,16). The van der Waals surface area contributed by atoms with Crippen LogP contribution < -0.4 is 5.32 Å². The number of hydrogen-bond donors (Lipinski definition) is 3. The molecule has 0 aliphatic rings. The largest absolute Gasteiger partial charge is 0.464 e. The van der Waals surface area contributed by atoms with Crippen LogP contribution in [0.15, 0.2) is 18.2 Å². The Kier molecular flexibility index (Phi) is 4.24. The molecule has 1 unspecified atom stereocenters. The number of nitrogens with one attached hydrogen (secondary N) is 2. The van der Waals surface area contributed by atoms with Crippen molar-refractivity contribution in [2.75, 3.05) is 24.9 Å². The zero-order valence-electron chi connectivity index (χ0n) is 10.3. The maximum atomic E-state index is 11.6. The Morgan fingerprint density at radius 2 is 2.42 bits per heavy atom. The summed E-state index contributed by atoms with van der Waals surface area (Å²) in [5.74, 6) is -0.378. The third-order valence-corrected chi connectivity index (χ3v) is 3.03. The van der Waals surface area contributed by atoms with Crippen LogP contribution in [-0.4, -0.2) is 46.9 Å². The van der Waals surface area contributed by atoms with Gasteiger partial charge in [0.05, 0.1) is 30.0 Å². The SMILES string of the molecule is COC(=O)c1n[nH]c2cccc(NCC(O)CCl)c12. The maximum Gasteiger partial charge on any atom is 0.359 e. The van der Waals surface area contributed by atoms with Gasteiger partial charge in [-0.15, -0.1) is 11.6 Å². The molecule has 0 aliphatic heterocycles. The van der Waals surface area contributed by atoms with Gasteiger partial charge in [0.25, 0.3) is 0 Å². The lowest BCUT2D eigenvalue weighted by Gasteiger charge is -2.11. The molecule has 0 spiro atoms. The molecular weight excluding hydrogens is 270 g/mol. The number of benzene rings is 1. The Labute approximate surface area is 114 Å². The second-order valence-corrected chi connectivity index (χ2v) is 4.29. The first-order valence-corrected chi connectivity index (χ1v) is 6.24. The minimum Gasteiger partial charge on any atom is -0.464 e. The number of aliphatic hydroxyl groups excluding tert-OH is 1. The van der Waals surface area contributed by atoms with Crippen LogP contribution in [0.25, 0.3) is 10.9 Å². The number of fused-ring (bicyclic) bond motifs is 1. The summed E-state index contributed by atoms with van der Waals surface area (Å²) in [4.78, 5) is 11.6. The third-order valence-electron chi connectivity index (χ3n) is 2.67. The molecule has 0 saturated carbocycles. The van der Waals surface area contributed by atoms with Crippen molar-refractivity contribution < 1.29 is 14.6 Å². The van der Waals surface area contributed by atoms with Gasteiger partial charge in [-0.05, 0) is 12.1 Å². The van der Waals surface area contributed by atoms with E-state index in [4.69, 9.17) is 11.6 Å². The summed E-state index contributed by atoms with van der Waals surface area (Å²) >= 11 is 5.54. The van der Waals surface area contributed by atoms with Gasteiger partial charge >= 0.3 is 5.97 Å². The number of esters is 1. The Morgan fingerprint density at radius 3 is 3.11 bits per heavy atom. The number of nitrogens with zero attached hydrogens (tertiary/aromatic N) is 1. The first-order valence-electron chi connectivity index (χ1n) is 5.70. The van der Waals surface area contributed by atoms with Crippen molar-refractivity contribution in [3.8, 4) is 0 Å². The predicted molar refractivity (Wildman–Crippen MR) is 72.6 cm³/mol. The van der Waals surface area contributed by atoms with Gasteiger partial charge in [0.15, 0.2) is 5.69 Å². The number of halogens is 1. The summed E-state index contributed by atoms with van der Waals surface area (Å²) in [7, 11) is 1.30. The van der Waals surface area contributed by atoms with Gasteiger partial charge < -0.3 is 15.2 Å². The van der Waals surface area contributed by atoms with Crippen molar-refractivity contribution >= 4 is 34.2 Å². The fraction of sp³-hybridized carbons (Fsp3) is 0.333. The number of methoxy groups -OCH3 is 1. The smallest absolute Gasteiger partial charge is 0.359 e. The molecule has 19 heavy (non-hydrogen) atoms. The molecule has 102 valence electrons. The molecule has 3 N–H and O–H groups in total. The van der Waals surface area contributed by atoms with E-state index in [2.05, 4.69) is 20.3 Å². The summed E-state index contributed by atoms with van der Waals surface area (Å²) in [6, 6.07) is 5.42. The van der Waals surface area contributed by atoms with Gasteiger partial charge in [0, 0.05) is 12.2 Å². The second-order valence-electron chi connectivity index (χ2n) is 3.98. The van der Waals surface area contributed by atoms with Gasteiger partial charge in [-0.25, -0.2) is 4.79 Å². The van der Waals surface area contributed by atoms with Crippen LogP contribution in [0.4, 0.5) is 5.69 Å². The molecule has 0 radical (unpaired) electrons. The summed E-state index contributed by atoms with van der Waals surface area (Å²) in [6.07, 6.45) is -0.662. The number of alkyl halides is 1. The number of hydrogen-bond acceptors (Lipinski definition) is 5. The molecule has 2 aromatic rings. The predicted octanol–water partition coefficient (Wildman–Crippen LogP) is 1.36. The van der Waals surface area contributed by atoms with Crippen LogP contribution in [0.1, 0.15) is 10.5 Å². The zero-order chi connectivity index (χ0) is 13.8. The van der Waals surface area contributed by atoms with Crippen molar-refractivity contribution in [1.82, 2.24) is 10.2 Å². The highest BCUT2D eigenvalue weighted by Gasteiger charge is 2.17. The number of aromatic amines is 1. The highest BCUT2D eigenvalue weighted by molar-refractivity contribution is 6.18. The van der Waals surface area contributed by atoms with E-state index in [0.717, 1.165) is 0 Å². The lowest BCUT2D eigenvalue weighted by Crippen LogP contribution is -2.21. The number of carbonyl (C=O) groups excluding carboxylic acids is 1. The number of rotatable bonds is 5. The second kappa shape index (κ2) is 5.90. The summed E-state index contributed by atoms with van der Waals surface area (Å²) in [5, 5.41) is 19.8. The van der Waals surface area contributed by atoms with Gasteiger partial charge in [0.2, 0.25) is 0 Å². The van der Waals surface area contributed by atoms with Crippen LogP contribution in [0.3, 0.4) is 0 Å². The molecule has 0 amide bonds. The summed E-state index contributed by atoms with van der Waals surface area (Å²) in [6.45, 7) is 0.286. The number of anilines is 1. The van der Waals surface area contributed by atoms with E-state index in [0.29, 0.717) is 16.6 Å². The Bertz CT molecular complexity index is 585. The quantitative estimate of drug-likeness (QED) is 0.570. The first-order chi connectivity index (χ1) is 9.17. The third kappa shape index (κ3) is 2.80. The minimum absolute atomic E-state index is 0.137. The van der Waals surface area contributed by atoms with E-state index in [1.165, 1.54) is 7.11 Å². The van der Waals surface area contributed by atoms with Crippen LogP contribution >= 0.6 is 11.6 Å². The van der Waals surface area contributed by atoms with E-state index in [9.17, 15) is 9.90 Å². The highest BCUT2D eigenvalue weighted by Crippen LogP contribution is 2.25. The highest BCUT2D eigenvalue weighted by atomic mass is 35.5. The number of carbonyl (C=O) groups is 1. The maximum absolute atomic E-state index is 11.6. The number of H-pyrrole nitrogens is 1. The molecule has 0 aliphatic carbocycles. The van der Waals surface area contributed by atoms with E-state index < -0.39 is 12.1 Å². The van der Waals surface area contributed by atoms with E-state index in [1.54, 1.807) is 12.1 Å². The molecule has 0 saturated heterocycles. The lowest BCUT2D eigenvalue weighted by atomic mass is 10.1. The Balaban J connectivity index is 2.37. The zero-order valence-corrected chi connectivity index (χ0v) is 11.1. The minimum atomic E-state index is -0.662. The number of aliphatic hydroxyl groups is 1. The van der Waals surface area contributed by atoms with E-state index in [-0.39, 0.29) is 18.1 Å². The van der Waals surface area contributed by atoms with Crippen LogP contribution in [0, 0.1) is 0 Å². The van der Waals surface area contributed by atoms with Crippen molar-refractivity contribution in [2.45, 2.75) is 6.10 Å². The van der Waals surface area contributed by atoms with Crippen LogP contribution in [0.5, 0.6) is 0 Å². The van der Waals surface area contributed by atoms with Gasteiger partial charge in [-0.2, -0.15) is 5.10 Å². The topological polar surface area (TPSA) is 87.2 Å². The molecular formula is C12H14ClN3O3. The summed E-state index contributed by atoms with van der Waals surface area (Å²) in [5.41, 5.74) is 1.61. The summed E-state index contributed by atoms with van der Waals surface area (Å²) < 4.78 is 4.68. The van der Waals surface area contributed by atoms with Crippen LogP contribution in [-0.2, 0) is 4.74 Å². The molecule has 1 aromatic carbocycles. The van der Waals surface area contributed by atoms with Crippen molar-refractivity contribution in [2.24, 2.45) is 0 Å². The molecule has 1 atom stereocenters. The monoisotopic (exact) mass is 283 g/mol. The molecule has 0 fully saturated rings. The molecule has 7 heteroatoms. The fourth-order valence-corrected chi connectivity index (χ4v) is 1.86. The molecule has 1 heterocycles. The molecule has 2 rings (SSSR count). The molecule has 0 bridgehead atoms. The van der Waals surface area contributed by atoms with Gasteiger partial charge in [-0.1, -0.05) is 6.07 Å². The average Bonchev–Trinajstić information content (AvgIpc) is 2.88. The van der Waals surface area contributed by atoms with Crippen molar-refractivity contribution in [3.05, 3.63) is 23.9 Å². The normalized spacial score (nSPS) is 12.4.